The van der Waals surface area contributed by atoms with Gasteiger partial charge in [-0.25, -0.2) is 9.59 Å². The fourth-order valence-electron chi connectivity index (χ4n) is 4.03. The van der Waals surface area contributed by atoms with Crippen LogP contribution in [0.5, 0.6) is 0 Å². The standard InChI is InChI=1S/C22H27NO4/c1-13(2)17-8-7-14(3)10-19(17)27-22(25)18-12-16(21(24)26-4)11-15-6-5-9-23-20(15)18/h5-6,9,11-14,17,19H,7-8,10H2,1-4H3/t14-,17+,19-/m0/s1. The van der Waals surface area contributed by atoms with E-state index in [1.165, 1.54) is 19.6 Å². The first-order valence-electron chi connectivity index (χ1n) is 9.58. The maximum atomic E-state index is 13.1. The molecule has 0 bridgehead atoms. The second-order valence-electron chi connectivity index (χ2n) is 7.86. The zero-order valence-corrected chi connectivity index (χ0v) is 16.4. The van der Waals surface area contributed by atoms with Crippen molar-refractivity contribution in [1.82, 2.24) is 4.98 Å². The van der Waals surface area contributed by atoms with Crippen LogP contribution < -0.4 is 0 Å². The van der Waals surface area contributed by atoms with E-state index in [-0.39, 0.29) is 6.10 Å². The number of carbonyl (C=O) groups excluding carboxylic acids is 2. The fraction of sp³-hybridized carbons (Fsp3) is 0.500. The zero-order chi connectivity index (χ0) is 19.6. The Hall–Kier alpha value is -2.43. The molecule has 0 saturated heterocycles. The molecule has 1 aliphatic rings. The van der Waals surface area contributed by atoms with E-state index in [1.54, 1.807) is 18.3 Å². The number of hydrogen-bond donors (Lipinski definition) is 0. The minimum absolute atomic E-state index is 0.109. The summed E-state index contributed by atoms with van der Waals surface area (Å²) in [5.74, 6) is 0.434. The third kappa shape index (κ3) is 4.12. The van der Waals surface area contributed by atoms with Crippen molar-refractivity contribution >= 4 is 22.8 Å². The summed E-state index contributed by atoms with van der Waals surface area (Å²) in [6.45, 7) is 6.55. The lowest BCUT2D eigenvalue weighted by Crippen LogP contribution is -2.36. The highest BCUT2D eigenvalue weighted by Crippen LogP contribution is 2.36. The van der Waals surface area contributed by atoms with E-state index in [9.17, 15) is 9.59 Å². The van der Waals surface area contributed by atoms with Crippen molar-refractivity contribution in [3.63, 3.8) is 0 Å². The van der Waals surface area contributed by atoms with Gasteiger partial charge < -0.3 is 9.47 Å². The first-order valence-corrected chi connectivity index (χ1v) is 9.58. The third-order valence-corrected chi connectivity index (χ3v) is 5.57. The van der Waals surface area contributed by atoms with Crippen LogP contribution in [0.2, 0.25) is 0 Å². The molecule has 0 radical (unpaired) electrons. The zero-order valence-electron chi connectivity index (χ0n) is 16.4. The number of hydrogen-bond acceptors (Lipinski definition) is 5. The Kier molecular flexibility index (Phi) is 5.78. The average molecular weight is 369 g/mol. The fourth-order valence-corrected chi connectivity index (χ4v) is 4.03. The van der Waals surface area contributed by atoms with E-state index >= 15 is 0 Å². The summed E-state index contributed by atoms with van der Waals surface area (Å²) in [4.78, 5) is 29.4. The minimum Gasteiger partial charge on any atom is -0.465 e. The molecule has 2 aromatic rings. The summed E-state index contributed by atoms with van der Waals surface area (Å²) in [6, 6.07) is 6.81. The van der Waals surface area contributed by atoms with Crippen LogP contribution in [0.1, 0.15) is 60.7 Å². The maximum absolute atomic E-state index is 13.1. The van der Waals surface area contributed by atoms with Crippen molar-refractivity contribution in [2.75, 3.05) is 7.11 Å². The molecule has 0 spiro atoms. The largest absolute Gasteiger partial charge is 0.465 e. The Morgan fingerprint density at radius 3 is 2.67 bits per heavy atom. The van der Waals surface area contributed by atoms with Gasteiger partial charge >= 0.3 is 11.9 Å². The van der Waals surface area contributed by atoms with E-state index in [4.69, 9.17) is 9.47 Å². The molecule has 1 aromatic heterocycles. The summed E-state index contributed by atoms with van der Waals surface area (Å²) < 4.78 is 10.8. The van der Waals surface area contributed by atoms with E-state index in [0.717, 1.165) is 12.8 Å². The molecule has 1 aromatic carbocycles. The molecule has 1 saturated carbocycles. The Morgan fingerprint density at radius 2 is 1.96 bits per heavy atom. The molecular formula is C22H27NO4. The summed E-state index contributed by atoms with van der Waals surface area (Å²) in [7, 11) is 1.32. The number of aromatic nitrogens is 1. The molecule has 0 unspecified atom stereocenters. The van der Waals surface area contributed by atoms with Gasteiger partial charge in [0.2, 0.25) is 0 Å². The molecule has 0 N–H and O–H groups in total. The highest BCUT2D eigenvalue weighted by atomic mass is 16.5. The Morgan fingerprint density at radius 1 is 1.19 bits per heavy atom. The molecule has 144 valence electrons. The number of nitrogens with zero attached hydrogens (tertiary/aromatic N) is 1. The van der Waals surface area contributed by atoms with Gasteiger partial charge in [0.1, 0.15) is 6.10 Å². The number of benzene rings is 1. The summed E-state index contributed by atoms with van der Waals surface area (Å²) >= 11 is 0. The van der Waals surface area contributed by atoms with Crippen LogP contribution >= 0.6 is 0 Å². The first-order chi connectivity index (χ1) is 12.9. The third-order valence-electron chi connectivity index (χ3n) is 5.57. The maximum Gasteiger partial charge on any atom is 0.340 e. The van der Waals surface area contributed by atoms with Crippen LogP contribution in [0.4, 0.5) is 0 Å². The van der Waals surface area contributed by atoms with Gasteiger partial charge in [-0.05, 0) is 48.8 Å². The highest BCUT2D eigenvalue weighted by molar-refractivity contribution is 6.06. The Labute approximate surface area is 160 Å². The van der Waals surface area contributed by atoms with Gasteiger partial charge in [0.05, 0.1) is 23.8 Å². The molecular weight excluding hydrogens is 342 g/mol. The lowest BCUT2D eigenvalue weighted by Gasteiger charge is -2.36. The molecule has 1 heterocycles. The average Bonchev–Trinajstić information content (AvgIpc) is 2.66. The number of fused-ring (bicyclic) bond motifs is 1. The summed E-state index contributed by atoms with van der Waals surface area (Å²) in [5.41, 5.74) is 1.18. The second-order valence-corrected chi connectivity index (χ2v) is 7.86. The highest BCUT2D eigenvalue weighted by Gasteiger charge is 2.34. The topological polar surface area (TPSA) is 65.5 Å². The molecule has 27 heavy (non-hydrogen) atoms. The van der Waals surface area contributed by atoms with E-state index < -0.39 is 11.9 Å². The van der Waals surface area contributed by atoms with Gasteiger partial charge in [-0.1, -0.05) is 33.3 Å². The van der Waals surface area contributed by atoms with Gasteiger partial charge in [-0.15, -0.1) is 0 Å². The minimum atomic E-state index is -0.485. The predicted octanol–water partition coefficient (Wildman–Crippen LogP) is 4.64. The SMILES string of the molecule is COC(=O)c1cc(C(=O)O[C@H]2C[C@@H](C)CC[C@@H]2C(C)C)c2ncccc2c1. The van der Waals surface area contributed by atoms with Crippen molar-refractivity contribution in [2.24, 2.45) is 17.8 Å². The van der Waals surface area contributed by atoms with Crippen LogP contribution in [-0.4, -0.2) is 30.1 Å². The van der Waals surface area contributed by atoms with E-state index in [0.29, 0.717) is 39.8 Å². The summed E-state index contributed by atoms with van der Waals surface area (Å²) in [6.07, 6.45) is 4.63. The number of rotatable bonds is 4. The quantitative estimate of drug-likeness (QED) is 0.735. The van der Waals surface area contributed by atoms with Crippen molar-refractivity contribution in [3.05, 3.63) is 41.6 Å². The number of ether oxygens (including phenoxy) is 2. The number of esters is 2. The van der Waals surface area contributed by atoms with Gasteiger partial charge in [-0.3, -0.25) is 4.98 Å². The van der Waals surface area contributed by atoms with Crippen LogP contribution in [0.3, 0.4) is 0 Å². The van der Waals surface area contributed by atoms with Gasteiger partial charge in [-0.2, -0.15) is 0 Å². The molecule has 3 rings (SSSR count). The van der Waals surface area contributed by atoms with E-state index in [2.05, 4.69) is 25.8 Å². The lowest BCUT2D eigenvalue weighted by molar-refractivity contribution is -0.0172. The monoisotopic (exact) mass is 369 g/mol. The number of pyridine rings is 1. The lowest BCUT2D eigenvalue weighted by atomic mass is 9.75. The summed E-state index contributed by atoms with van der Waals surface area (Å²) in [5, 5.41) is 0.713. The molecule has 5 nitrogen and oxygen atoms in total. The van der Waals surface area contributed by atoms with Crippen LogP contribution in [0.25, 0.3) is 10.9 Å². The Bertz CT molecular complexity index is 845. The van der Waals surface area contributed by atoms with Gasteiger partial charge in [0, 0.05) is 11.6 Å². The van der Waals surface area contributed by atoms with Gasteiger partial charge in [0.15, 0.2) is 0 Å². The molecule has 3 atom stereocenters. The number of carbonyl (C=O) groups is 2. The predicted molar refractivity (Wildman–Crippen MR) is 104 cm³/mol. The van der Waals surface area contributed by atoms with Crippen LogP contribution in [0.15, 0.2) is 30.5 Å². The molecule has 0 aliphatic heterocycles. The van der Waals surface area contributed by atoms with Crippen molar-refractivity contribution in [3.8, 4) is 0 Å². The molecule has 0 amide bonds. The van der Waals surface area contributed by atoms with Crippen LogP contribution in [0, 0.1) is 17.8 Å². The van der Waals surface area contributed by atoms with Crippen molar-refractivity contribution in [2.45, 2.75) is 46.1 Å². The number of methoxy groups -OCH3 is 1. The molecule has 5 heteroatoms. The smallest absolute Gasteiger partial charge is 0.340 e. The van der Waals surface area contributed by atoms with Gasteiger partial charge in [0.25, 0.3) is 0 Å². The normalized spacial score (nSPS) is 22.6. The van der Waals surface area contributed by atoms with Crippen molar-refractivity contribution in [1.29, 1.82) is 0 Å². The van der Waals surface area contributed by atoms with Crippen LogP contribution in [-0.2, 0) is 9.47 Å². The molecule has 1 fully saturated rings. The first kappa shape index (κ1) is 19.3. The second kappa shape index (κ2) is 8.07. The molecule has 1 aliphatic carbocycles. The van der Waals surface area contributed by atoms with Crippen molar-refractivity contribution < 1.29 is 19.1 Å². The van der Waals surface area contributed by atoms with E-state index in [1.807, 2.05) is 6.07 Å². The Balaban J connectivity index is 1.95.